The molecule has 104 valence electrons. The molecule has 1 unspecified atom stereocenters. The molecule has 0 aliphatic heterocycles. The van der Waals surface area contributed by atoms with Gasteiger partial charge in [-0.15, -0.1) is 0 Å². The molecule has 2 aromatic rings. The van der Waals surface area contributed by atoms with Crippen LogP contribution in [0.15, 0.2) is 46.9 Å². The van der Waals surface area contributed by atoms with Gasteiger partial charge in [0.15, 0.2) is 6.10 Å². The Morgan fingerprint density at radius 3 is 2.70 bits per heavy atom. The van der Waals surface area contributed by atoms with Gasteiger partial charge in [-0.3, -0.25) is 4.79 Å². The third-order valence-electron chi connectivity index (χ3n) is 2.68. The maximum Gasteiger partial charge on any atom is 0.203 e. The number of benzene rings is 2. The van der Waals surface area contributed by atoms with E-state index in [1.807, 2.05) is 0 Å². The van der Waals surface area contributed by atoms with Crippen LogP contribution in [-0.2, 0) is 0 Å². The first-order valence-corrected chi connectivity index (χ1v) is 7.06. The van der Waals surface area contributed by atoms with Gasteiger partial charge < -0.3 is 4.74 Å². The summed E-state index contributed by atoms with van der Waals surface area (Å²) >= 11 is 8.90. The Kier molecular flexibility index (Phi) is 4.78. The molecule has 2 nitrogen and oxygen atoms in total. The van der Waals surface area contributed by atoms with Crippen molar-refractivity contribution in [2.24, 2.45) is 0 Å². The molecule has 20 heavy (non-hydrogen) atoms. The van der Waals surface area contributed by atoms with E-state index < -0.39 is 11.9 Å². The molecule has 0 radical (unpaired) electrons. The zero-order chi connectivity index (χ0) is 14.7. The number of carbonyl (C=O) groups is 1. The van der Waals surface area contributed by atoms with Gasteiger partial charge in [0.1, 0.15) is 11.6 Å². The first kappa shape index (κ1) is 15.0. The van der Waals surface area contributed by atoms with Crippen LogP contribution in [0, 0.1) is 5.82 Å². The molecule has 2 aromatic carbocycles. The summed E-state index contributed by atoms with van der Waals surface area (Å²) in [6.45, 7) is 1.61. The van der Waals surface area contributed by atoms with Crippen LogP contribution >= 0.6 is 27.5 Å². The third kappa shape index (κ3) is 3.58. The van der Waals surface area contributed by atoms with Crippen molar-refractivity contribution < 1.29 is 13.9 Å². The van der Waals surface area contributed by atoms with E-state index >= 15 is 0 Å². The predicted octanol–water partition coefficient (Wildman–Crippen LogP) is 4.89. The maximum absolute atomic E-state index is 13.4. The van der Waals surface area contributed by atoms with Crippen LogP contribution < -0.4 is 4.74 Å². The van der Waals surface area contributed by atoms with Crippen LogP contribution in [0.3, 0.4) is 0 Å². The molecular weight excluding hydrogens is 347 g/mol. The average molecular weight is 358 g/mol. The minimum absolute atomic E-state index is 0.212. The number of halogens is 3. The number of ketones is 1. The zero-order valence-corrected chi connectivity index (χ0v) is 12.9. The second-order valence-corrected chi connectivity index (χ2v) is 5.50. The van der Waals surface area contributed by atoms with Crippen LogP contribution in [0.2, 0.25) is 5.02 Å². The zero-order valence-electron chi connectivity index (χ0n) is 10.6. The first-order chi connectivity index (χ1) is 9.47. The van der Waals surface area contributed by atoms with Gasteiger partial charge in [-0.1, -0.05) is 23.7 Å². The molecule has 0 fully saturated rings. The lowest BCUT2D eigenvalue weighted by Crippen LogP contribution is -2.23. The van der Waals surface area contributed by atoms with Gasteiger partial charge in [0.25, 0.3) is 0 Å². The van der Waals surface area contributed by atoms with Gasteiger partial charge >= 0.3 is 0 Å². The molecule has 0 aliphatic carbocycles. The Labute approximate surface area is 129 Å². The number of Topliss-reactive ketones (excluding diaryl/α,β-unsaturated/α-hetero) is 1. The molecule has 1 atom stereocenters. The molecule has 0 N–H and O–H groups in total. The Morgan fingerprint density at radius 2 is 2.05 bits per heavy atom. The maximum atomic E-state index is 13.4. The van der Waals surface area contributed by atoms with Crippen LogP contribution in [0.25, 0.3) is 0 Å². The number of hydrogen-bond acceptors (Lipinski definition) is 2. The molecule has 0 saturated heterocycles. The second kappa shape index (κ2) is 6.37. The van der Waals surface area contributed by atoms with Gasteiger partial charge in [-0.25, -0.2) is 4.39 Å². The summed E-state index contributed by atoms with van der Waals surface area (Å²) in [6, 6.07) is 11.0. The lowest BCUT2D eigenvalue weighted by molar-refractivity contribution is 0.0817. The molecule has 0 saturated carbocycles. The molecule has 2 rings (SSSR count). The van der Waals surface area contributed by atoms with Gasteiger partial charge in [0.2, 0.25) is 5.78 Å². The van der Waals surface area contributed by atoms with E-state index in [2.05, 4.69) is 15.9 Å². The van der Waals surface area contributed by atoms with E-state index in [0.29, 0.717) is 20.8 Å². The van der Waals surface area contributed by atoms with Crippen LogP contribution in [0.1, 0.15) is 17.3 Å². The number of rotatable bonds is 4. The lowest BCUT2D eigenvalue weighted by Gasteiger charge is -2.14. The number of carbonyl (C=O) groups excluding carboxylic acids is 1. The number of ether oxygens (including phenoxy) is 1. The fraction of sp³-hybridized carbons (Fsp3) is 0.133. The molecule has 0 aliphatic rings. The Bertz CT molecular complexity index is 646. The Morgan fingerprint density at radius 1 is 1.30 bits per heavy atom. The summed E-state index contributed by atoms with van der Waals surface area (Å²) in [5.74, 6) is -0.352. The minimum atomic E-state index is -0.728. The van der Waals surface area contributed by atoms with Crippen molar-refractivity contribution in [3.05, 3.63) is 63.3 Å². The summed E-state index contributed by atoms with van der Waals surface area (Å²) in [5.41, 5.74) is 0.461. The van der Waals surface area contributed by atoms with Gasteiger partial charge in [0.05, 0.1) is 4.47 Å². The summed E-state index contributed by atoms with van der Waals surface area (Å²) < 4.78 is 19.2. The Balaban J connectivity index is 2.13. The monoisotopic (exact) mass is 356 g/mol. The smallest absolute Gasteiger partial charge is 0.203 e. The fourth-order valence-corrected chi connectivity index (χ4v) is 2.12. The highest BCUT2D eigenvalue weighted by molar-refractivity contribution is 9.10. The molecular formula is C15H11BrClFO2. The van der Waals surface area contributed by atoms with Crippen LogP contribution in [-0.4, -0.2) is 11.9 Å². The summed E-state index contributed by atoms with van der Waals surface area (Å²) in [5, 5.41) is 0.484. The molecule has 0 bridgehead atoms. The largest absolute Gasteiger partial charge is 0.482 e. The summed E-state index contributed by atoms with van der Waals surface area (Å²) in [6.07, 6.45) is -0.728. The van der Waals surface area contributed by atoms with Crippen molar-refractivity contribution in [1.82, 2.24) is 0 Å². The SMILES string of the molecule is CC(Oc1ccc(Br)c(F)c1)C(=O)c1cccc(Cl)c1. The normalized spacial score (nSPS) is 12.0. The predicted molar refractivity (Wildman–Crippen MR) is 80.0 cm³/mol. The van der Waals surface area contributed by atoms with Crippen molar-refractivity contribution in [2.45, 2.75) is 13.0 Å². The standard InChI is InChI=1S/C15H11BrClFO2/c1-9(15(19)10-3-2-4-11(17)7-10)20-12-5-6-13(16)14(18)8-12/h2-9H,1H3. The topological polar surface area (TPSA) is 26.3 Å². The molecule has 0 heterocycles. The first-order valence-electron chi connectivity index (χ1n) is 5.89. The van der Waals surface area contributed by atoms with Crippen molar-refractivity contribution >= 4 is 33.3 Å². The number of hydrogen-bond donors (Lipinski definition) is 0. The van der Waals surface area contributed by atoms with Crippen LogP contribution in [0.4, 0.5) is 4.39 Å². The minimum Gasteiger partial charge on any atom is -0.482 e. The van der Waals surface area contributed by atoms with Crippen molar-refractivity contribution in [1.29, 1.82) is 0 Å². The highest BCUT2D eigenvalue weighted by Crippen LogP contribution is 2.22. The van der Waals surface area contributed by atoms with E-state index in [9.17, 15) is 9.18 Å². The highest BCUT2D eigenvalue weighted by atomic mass is 79.9. The quantitative estimate of drug-likeness (QED) is 0.728. The average Bonchev–Trinajstić information content (AvgIpc) is 2.42. The highest BCUT2D eigenvalue weighted by Gasteiger charge is 2.17. The molecule has 0 amide bonds. The van der Waals surface area contributed by atoms with Crippen molar-refractivity contribution in [3.63, 3.8) is 0 Å². The van der Waals surface area contributed by atoms with Gasteiger partial charge in [0, 0.05) is 16.7 Å². The molecule has 5 heteroatoms. The van der Waals surface area contributed by atoms with E-state index in [0.717, 1.165) is 0 Å². The Hall–Kier alpha value is -1.39. The van der Waals surface area contributed by atoms with E-state index in [1.165, 1.54) is 12.1 Å². The van der Waals surface area contributed by atoms with Crippen molar-refractivity contribution in [3.8, 4) is 5.75 Å². The summed E-state index contributed by atoms with van der Waals surface area (Å²) in [4.78, 5) is 12.2. The van der Waals surface area contributed by atoms with E-state index in [4.69, 9.17) is 16.3 Å². The molecule has 0 aromatic heterocycles. The van der Waals surface area contributed by atoms with Gasteiger partial charge in [-0.2, -0.15) is 0 Å². The third-order valence-corrected chi connectivity index (χ3v) is 3.56. The summed E-state index contributed by atoms with van der Waals surface area (Å²) in [7, 11) is 0. The fourth-order valence-electron chi connectivity index (χ4n) is 1.68. The lowest BCUT2D eigenvalue weighted by atomic mass is 10.1. The molecule has 0 spiro atoms. The van der Waals surface area contributed by atoms with Gasteiger partial charge in [-0.05, 0) is 47.1 Å². The van der Waals surface area contributed by atoms with E-state index in [1.54, 1.807) is 37.3 Å². The van der Waals surface area contributed by atoms with Crippen molar-refractivity contribution in [2.75, 3.05) is 0 Å². The van der Waals surface area contributed by atoms with Crippen LogP contribution in [0.5, 0.6) is 5.75 Å². The van der Waals surface area contributed by atoms with E-state index in [-0.39, 0.29) is 5.78 Å². The second-order valence-electron chi connectivity index (χ2n) is 4.21.